The first-order valence-corrected chi connectivity index (χ1v) is 18.1. The van der Waals surface area contributed by atoms with Crippen LogP contribution in [0.5, 0.6) is 0 Å². The summed E-state index contributed by atoms with van der Waals surface area (Å²) in [6.45, 7) is 7.62. The Kier molecular flexibility index (Phi) is 6.58. The van der Waals surface area contributed by atoms with Gasteiger partial charge in [0.2, 0.25) is 0 Å². The molecule has 0 amide bonds. The van der Waals surface area contributed by atoms with E-state index in [1.807, 2.05) is 54.7 Å². The van der Waals surface area contributed by atoms with Gasteiger partial charge < -0.3 is 13.7 Å². The molecule has 0 spiro atoms. The van der Waals surface area contributed by atoms with Gasteiger partial charge in [-0.05, 0) is 108 Å². The molecule has 0 bridgehead atoms. The molecular weight excluding hydrogens is 673 g/mol. The van der Waals surface area contributed by atoms with Crippen LogP contribution in [0.2, 0.25) is 0 Å². The maximum atomic E-state index is 10.3. The molecule has 6 nitrogen and oxygen atoms in total. The van der Waals surface area contributed by atoms with Gasteiger partial charge in [0.1, 0.15) is 0 Å². The highest BCUT2D eigenvalue weighted by Crippen LogP contribution is 2.42. The van der Waals surface area contributed by atoms with Crippen molar-refractivity contribution in [3.63, 3.8) is 0 Å². The summed E-state index contributed by atoms with van der Waals surface area (Å²) in [5.74, 6) is 0. The summed E-state index contributed by atoms with van der Waals surface area (Å²) in [5.41, 5.74) is 13.4. The number of fused-ring (bicyclic) bond motifs is 10. The van der Waals surface area contributed by atoms with Gasteiger partial charge in [-0.1, -0.05) is 72.8 Å². The number of pyridine rings is 1. The van der Waals surface area contributed by atoms with Gasteiger partial charge in [-0.3, -0.25) is 4.98 Å². The van der Waals surface area contributed by atoms with Gasteiger partial charge >= 0.3 is 0 Å². The van der Waals surface area contributed by atoms with Gasteiger partial charge in [0.15, 0.2) is 5.69 Å². The summed E-state index contributed by atoms with van der Waals surface area (Å²) in [5, 5.41) is 15.8. The number of nitrogens with zero attached hydrogens (tertiary/aromatic N) is 6. The summed E-state index contributed by atoms with van der Waals surface area (Å²) in [6, 6.07) is 58.9. The average molecular weight is 701 g/mol. The van der Waals surface area contributed by atoms with E-state index in [9.17, 15) is 5.26 Å². The molecule has 55 heavy (non-hydrogen) atoms. The lowest BCUT2D eigenvalue weighted by Gasteiger charge is -2.14. The van der Waals surface area contributed by atoms with Crippen molar-refractivity contribution in [2.75, 3.05) is 0 Å². The second-order valence-electron chi connectivity index (χ2n) is 13.8. The van der Waals surface area contributed by atoms with Crippen LogP contribution in [0.1, 0.15) is 5.56 Å². The van der Waals surface area contributed by atoms with Crippen molar-refractivity contribution in [3.8, 4) is 34.3 Å². The van der Waals surface area contributed by atoms with E-state index in [4.69, 9.17) is 11.6 Å². The largest absolute Gasteiger partial charge is 0.309 e. The highest BCUT2D eigenvalue weighted by Gasteiger charge is 2.22. The van der Waals surface area contributed by atoms with Crippen LogP contribution in [0.25, 0.3) is 98.6 Å². The van der Waals surface area contributed by atoms with E-state index in [2.05, 4.69) is 140 Å². The Labute approximate surface area is 315 Å². The average Bonchev–Trinajstić information content (AvgIpc) is 3.89. The van der Waals surface area contributed by atoms with Gasteiger partial charge in [-0.25, -0.2) is 4.85 Å². The molecule has 0 fully saturated rings. The molecule has 0 saturated carbocycles. The molecule has 0 unspecified atom stereocenters. The van der Waals surface area contributed by atoms with Crippen LogP contribution >= 0.6 is 0 Å². The van der Waals surface area contributed by atoms with Crippen molar-refractivity contribution in [2.24, 2.45) is 0 Å². The van der Waals surface area contributed by atoms with E-state index in [-0.39, 0.29) is 0 Å². The Hall–Kier alpha value is -7.93. The quantitative estimate of drug-likeness (QED) is 0.172. The van der Waals surface area contributed by atoms with Gasteiger partial charge in [-0.2, -0.15) is 5.26 Å². The van der Waals surface area contributed by atoms with Crippen molar-refractivity contribution in [1.82, 2.24) is 18.7 Å². The Morgan fingerprint density at radius 1 is 0.491 bits per heavy atom. The lowest BCUT2D eigenvalue weighted by Crippen LogP contribution is -1.97. The second-order valence-corrected chi connectivity index (χ2v) is 13.8. The molecule has 0 radical (unpaired) electrons. The number of benzene rings is 7. The smallest absolute Gasteiger partial charge is 0.188 e. The molecular formula is C49H28N6. The van der Waals surface area contributed by atoms with Crippen LogP contribution in [-0.2, 0) is 0 Å². The zero-order chi connectivity index (χ0) is 36.6. The summed E-state index contributed by atoms with van der Waals surface area (Å²) in [6.07, 6.45) is 1.87. The summed E-state index contributed by atoms with van der Waals surface area (Å²) in [4.78, 5) is 8.62. The maximum absolute atomic E-state index is 10.3. The lowest BCUT2D eigenvalue weighted by molar-refractivity contribution is 1.17. The lowest BCUT2D eigenvalue weighted by atomic mass is 10.0. The van der Waals surface area contributed by atoms with Gasteiger partial charge in [0.05, 0.1) is 56.8 Å². The number of rotatable bonds is 4. The van der Waals surface area contributed by atoms with Gasteiger partial charge in [-0.15, -0.1) is 0 Å². The molecule has 4 aromatic heterocycles. The van der Waals surface area contributed by atoms with E-state index >= 15 is 0 Å². The molecule has 7 aromatic carbocycles. The maximum Gasteiger partial charge on any atom is 0.188 e. The molecule has 0 N–H and O–H groups in total. The predicted molar refractivity (Wildman–Crippen MR) is 224 cm³/mol. The third-order valence-corrected chi connectivity index (χ3v) is 10.9. The Bertz CT molecular complexity index is 3460. The van der Waals surface area contributed by atoms with Crippen molar-refractivity contribution >= 4 is 71.2 Å². The van der Waals surface area contributed by atoms with E-state index < -0.39 is 0 Å². The Morgan fingerprint density at radius 2 is 1.18 bits per heavy atom. The SMILES string of the molecule is [C-]#[N+]c1ccc2c(c1)c1ccccc1n2-c1cc(C#N)cc(-c2cccc(-n3c4cccnc4c4ccc5c(c6ccccc6n5-c5ccccc5)c43)c2)c1. The zero-order valence-electron chi connectivity index (χ0n) is 29.3. The molecule has 254 valence electrons. The van der Waals surface area contributed by atoms with E-state index in [1.165, 1.54) is 10.8 Å². The molecule has 0 aliphatic rings. The first-order chi connectivity index (χ1) is 27.2. The van der Waals surface area contributed by atoms with E-state index in [1.54, 1.807) is 0 Å². The van der Waals surface area contributed by atoms with Crippen molar-refractivity contribution < 1.29 is 0 Å². The Morgan fingerprint density at radius 3 is 2.02 bits per heavy atom. The highest BCUT2D eigenvalue weighted by molar-refractivity contribution is 6.25. The summed E-state index contributed by atoms with van der Waals surface area (Å²) >= 11 is 0. The third kappa shape index (κ3) is 4.50. The molecule has 6 heteroatoms. The molecule has 11 rings (SSSR count). The number of hydrogen-bond acceptors (Lipinski definition) is 2. The standard InChI is InChI=1S/C49H28N6/c1-51-34-20-22-44-41(29-34)38-15-5-7-17-42(38)54(44)37-26-31(30-50)25-33(28-37)32-11-9-14-36(27-32)55-46-19-10-24-52-48(46)40-21-23-45-47(49(40)55)39-16-6-8-18-43(39)53(45)35-12-3-2-4-13-35/h2-29H. The summed E-state index contributed by atoms with van der Waals surface area (Å²) < 4.78 is 6.90. The molecule has 0 aliphatic heterocycles. The minimum atomic E-state index is 0.568. The number of hydrogen-bond donors (Lipinski definition) is 0. The minimum absolute atomic E-state index is 0.568. The van der Waals surface area contributed by atoms with Gasteiger partial charge in [0.25, 0.3) is 0 Å². The second kappa shape index (κ2) is 11.8. The molecule has 11 aromatic rings. The minimum Gasteiger partial charge on any atom is -0.309 e. The van der Waals surface area contributed by atoms with Crippen LogP contribution in [0.15, 0.2) is 170 Å². The zero-order valence-corrected chi connectivity index (χ0v) is 29.3. The first kappa shape index (κ1) is 30.7. The van der Waals surface area contributed by atoms with Crippen molar-refractivity contribution in [2.45, 2.75) is 0 Å². The number of nitriles is 1. The van der Waals surface area contributed by atoms with Gasteiger partial charge in [0, 0.05) is 44.8 Å². The van der Waals surface area contributed by atoms with Crippen molar-refractivity contribution in [1.29, 1.82) is 5.26 Å². The molecule has 0 atom stereocenters. The van der Waals surface area contributed by atoms with E-state index in [0.29, 0.717) is 11.3 Å². The molecule has 0 saturated heterocycles. The van der Waals surface area contributed by atoms with Crippen LogP contribution < -0.4 is 0 Å². The first-order valence-electron chi connectivity index (χ1n) is 18.1. The summed E-state index contributed by atoms with van der Waals surface area (Å²) in [7, 11) is 0. The normalized spacial score (nSPS) is 11.6. The number of para-hydroxylation sites is 3. The predicted octanol–water partition coefficient (Wildman–Crippen LogP) is 12.5. The van der Waals surface area contributed by atoms with Crippen LogP contribution in [0.4, 0.5) is 5.69 Å². The monoisotopic (exact) mass is 700 g/mol. The number of aromatic nitrogens is 4. The van der Waals surface area contributed by atoms with Crippen LogP contribution in [-0.4, -0.2) is 18.7 Å². The highest BCUT2D eigenvalue weighted by atomic mass is 15.0. The Balaban J connectivity index is 1.17. The third-order valence-electron chi connectivity index (χ3n) is 10.9. The topological polar surface area (TPSA) is 55.8 Å². The fourth-order valence-electron chi connectivity index (χ4n) is 8.60. The fourth-order valence-corrected chi connectivity index (χ4v) is 8.60. The van der Waals surface area contributed by atoms with E-state index in [0.717, 1.165) is 83.0 Å². The molecule has 0 aliphatic carbocycles. The van der Waals surface area contributed by atoms with Crippen LogP contribution in [0, 0.1) is 17.9 Å². The molecule has 4 heterocycles. The van der Waals surface area contributed by atoms with Crippen molar-refractivity contribution in [3.05, 3.63) is 187 Å². The fraction of sp³-hybridized carbons (Fsp3) is 0. The van der Waals surface area contributed by atoms with Crippen LogP contribution in [0.3, 0.4) is 0 Å².